The van der Waals surface area contributed by atoms with Gasteiger partial charge in [0.25, 0.3) is 5.91 Å². The average Bonchev–Trinajstić information content (AvgIpc) is 3.33. The number of ether oxygens (including phenoxy) is 1. The molecule has 0 saturated heterocycles. The van der Waals surface area contributed by atoms with Gasteiger partial charge in [0.1, 0.15) is 17.4 Å². The Balaban J connectivity index is 1.45. The van der Waals surface area contributed by atoms with Gasteiger partial charge in [0, 0.05) is 27.9 Å². The van der Waals surface area contributed by atoms with E-state index in [0.29, 0.717) is 22.8 Å². The van der Waals surface area contributed by atoms with Gasteiger partial charge in [-0.2, -0.15) is 5.26 Å². The number of nitrogens with one attached hydrogen (secondary N) is 1. The van der Waals surface area contributed by atoms with E-state index in [-0.39, 0.29) is 17.9 Å². The first kappa shape index (κ1) is 27.4. The number of anilines is 1. The zero-order valence-electron chi connectivity index (χ0n) is 23.1. The lowest BCUT2D eigenvalue weighted by Gasteiger charge is -2.33. The number of thiophene rings is 1. The molecule has 0 bridgehead atoms. The number of amides is 1. The molecule has 1 atom stereocenters. The second-order valence-corrected chi connectivity index (χ2v) is 12.2. The van der Waals surface area contributed by atoms with E-state index < -0.39 is 0 Å². The molecule has 6 heteroatoms. The van der Waals surface area contributed by atoms with Crippen molar-refractivity contribution < 1.29 is 9.53 Å². The molecule has 1 aliphatic carbocycles. The smallest absolute Gasteiger partial charge is 0.259 e. The molecule has 0 spiro atoms. The Bertz CT molecular complexity index is 1570. The summed E-state index contributed by atoms with van der Waals surface area (Å²) >= 11 is 1.63. The number of hydrogen-bond acceptors (Lipinski definition) is 5. The van der Waals surface area contributed by atoms with Crippen molar-refractivity contribution in [3.8, 4) is 11.8 Å². The average molecular weight is 548 g/mol. The zero-order valence-corrected chi connectivity index (χ0v) is 23.9. The highest BCUT2D eigenvalue weighted by atomic mass is 32.1. The molecule has 40 heavy (non-hydrogen) atoms. The highest BCUT2D eigenvalue weighted by molar-refractivity contribution is 7.16. The third-order valence-corrected chi connectivity index (χ3v) is 8.65. The maximum atomic E-state index is 13.6. The monoisotopic (exact) mass is 547 g/mol. The van der Waals surface area contributed by atoms with Gasteiger partial charge in [-0.25, -0.2) is 4.99 Å². The highest BCUT2D eigenvalue weighted by Crippen LogP contribution is 2.45. The third-order valence-electron chi connectivity index (χ3n) is 7.49. The van der Waals surface area contributed by atoms with E-state index in [0.717, 1.165) is 46.6 Å². The Hall–Kier alpha value is -4.21. The Labute approximate surface area is 240 Å². The van der Waals surface area contributed by atoms with Crippen LogP contribution in [0.15, 0.2) is 83.9 Å². The number of carbonyl (C=O) groups excluding carboxylic acids is 1. The van der Waals surface area contributed by atoms with Gasteiger partial charge in [-0.3, -0.25) is 4.79 Å². The van der Waals surface area contributed by atoms with Crippen molar-refractivity contribution >= 4 is 34.1 Å². The van der Waals surface area contributed by atoms with Crippen molar-refractivity contribution in [3.05, 3.63) is 112 Å². The van der Waals surface area contributed by atoms with E-state index in [9.17, 15) is 10.1 Å². The normalized spacial score (nSPS) is 14.9. The van der Waals surface area contributed by atoms with E-state index in [1.54, 1.807) is 23.6 Å². The van der Waals surface area contributed by atoms with Crippen molar-refractivity contribution in [2.75, 3.05) is 5.32 Å². The number of hydrogen-bond donors (Lipinski definition) is 1. The van der Waals surface area contributed by atoms with E-state index in [4.69, 9.17) is 9.73 Å². The van der Waals surface area contributed by atoms with Crippen LogP contribution in [-0.2, 0) is 19.4 Å². The molecule has 0 unspecified atom stereocenters. The molecule has 0 radical (unpaired) electrons. The summed E-state index contributed by atoms with van der Waals surface area (Å²) in [7, 11) is 0. The van der Waals surface area contributed by atoms with Gasteiger partial charge in [0.2, 0.25) is 0 Å². The molecule has 4 aromatic rings. The molecular weight excluding hydrogens is 514 g/mol. The summed E-state index contributed by atoms with van der Waals surface area (Å²) in [5.41, 5.74) is 5.01. The minimum absolute atomic E-state index is 0.122. The van der Waals surface area contributed by atoms with Crippen LogP contribution in [0.3, 0.4) is 0 Å². The fourth-order valence-corrected chi connectivity index (χ4v) is 6.38. The van der Waals surface area contributed by atoms with E-state index in [1.807, 2.05) is 72.8 Å². The van der Waals surface area contributed by atoms with Gasteiger partial charge >= 0.3 is 0 Å². The maximum absolute atomic E-state index is 13.6. The van der Waals surface area contributed by atoms with Gasteiger partial charge in [-0.15, -0.1) is 11.3 Å². The molecule has 5 rings (SSSR count). The van der Waals surface area contributed by atoms with Gasteiger partial charge in [-0.1, -0.05) is 69.3 Å². The van der Waals surface area contributed by atoms with Crippen molar-refractivity contribution in [2.24, 2.45) is 16.3 Å². The standard InChI is InChI=1S/C34H33N3O2S/c1-34(2,3)26-17-18-28-30(19-26)40-33(31(28)32(38)37-27-14-5-4-6-15-27)36-21-24-12-9-10-16-29(24)39-22-25-13-8-7-11-23(25)20-35/h4-16,21,26H,17-19,22H2,1-3H3,(H,37,38)/t26-/m0/s1. The number of rotatable bonds is 7. The Morgan fingerprint density at radius 1 is 1.07 bits per heavy atom. The highest BCUT2D eigenvalue weighted by Gasteiger charge is 2.33. The Morgan fingerprint density at radius 2 is 1.80 bits per heavy atom. The van der Waals surface area contributed by atoms with Crippen LogP contribution in [0.5, 0.6) is 5.75 Å². The molecule has 1 heterocycles. The summed E-state index contributed by atoms with van der Waals surface area (Å²) in [4.78, 5) is 19.8. The lowest BCUT2D eigenvalue weighted by Crippen LogP contribution is -2.27. The molecule has 0 fully saturated rings. The summed E-state index contributed by atoms with van der Waals surface area (Å²) in [6, 6.07) is 26.9. The fourth-order valence-electron chi connectivity index (χ4n) is 5.11. The Morgan fingerprint density at radius 3 is 2.58 bits per heavy atom. The lowest BCUT2D eigenvalue weighted by molar-refractivity contribution is 0.102. The first-order chi connectivity index (χ1) is 19.3. The lowest BCUT2D eigenvalue weighted by atomic mass is 9.72. The zero-order chi connectivity index (χ0) is 28.1. The van der Waals surface area contributed by atoms with Crippen molar-refractivity contribution in [2.45, 2.75) is 46.6 Å². The summed E-state index contributed by atoms with van der Waals surface area (Å²) in [6.07, 6.45) is 4.67. The SMILES string of the molecule is CC(C)(C)[C@H]1CCc2c(sc(N=Cc3ccccc3OCc3ccccc3C#N)c2C(=O)Nc2ccccc2)C1. The van der Waals surface area contributed by atoms with E-state index in [1.165, 1.54) is 4.88 Å². The molecular formula is C34H33N3O2S. The minimum atomic E-state index is -0.122. The van der Waals surface area contributed by atoms with Gasteiger partial charge < -0.3 is 10.1 Å². The largest absolute Gasteiger partial charge is 0.488 e. The minimum Gasteiger partial charge on any atom is -0.488 e. The first-order valence-electron chi connectivity index (χ1n) is 13.6. The molecule has 3 aromatic carbocycles. The molecule has 202 valence electrons. The topological polar surface area (TPSA) is 74.5 Å². The predicted octanol–water partition coefficient (Wildman–Crippen LogP) is 8.35. The van der Waals surface area contributed by atoms with Crippen molar-refractivity contribution in [3.63, 3.8) is 0 Å². The van der Waals surface area contributed by atoms with Gasteiger partial charge in [-0.05, 0) is 66.5 Å². The predicted molar refractivity (Wildman–Crippen MR) is 163 cm³/mol. The second-order valence-electron chi connectivity index (χ2n) is 11.2. The maximum Gasteiger partial charge on any atom is 0.259 e. The molecule has 1 aliphatic rings. The van der Waals surface area contributed by atoms with Crippen LogP contribution in [-0.4, -0.2) is 12.1 Å². The summed E-state index contributed by atoms with van der Waals surface area (Å²) < 4.78 is 6.13. The molecule has 1 aromatic heterocycles. The summed E-state index contributed by atoms with van der Waals surface area (Å²) in [6.45, 7) is 7.17. The van der Waals surface area contributed by atoms with Crippen LogP contribution in [0.1, 0.15) is 64.7 Å². The van der Waals surface area contributed by atoms with Crippen LogP contribution in [0, 0.1) is 22.7 Å². The van der Waals surface area contributed by atoms with Crippen LogP contribution in [0.25, 0.3) is 0 Å². The molecule has 0 aliphatic heterocycles. The van der Waals surface area contributed by atoms with Gasteiger partial charge in [0.15, 0.2) is 0 Å². The fraction of sp³-hybridized carbons (Fsp3) is 0.265. The number of aliphatic imine (C=N–C) groups is 1. The molecule has 5 nitrogen and oxygen atoms in total. The van der Waals surface area contributed by atoms with Crippen LogP contribution < -0.4 is 10.1 Å². The number of nitrogens with zero attached hydrogens (tertiary/aromatic N) is 2. The summed E-state index contributed by atoms with van der Waals surface area (Å²) in [5, 5.41) is 13.2. The van der Waals surface area contributed by atoms with Crippen LogP contribution in [0.4, 0.5) is 10.7 Å². The molecule has 1 amide bonds. The van der Waals surface area contributed by atoms with Crippen molar-refractivity contribution in [1.29, 1.82) is 5.26 Å². The number of nitriles is 1. The van der Waals surface area contributed by atoms with Gasteiger partial charge in [0.05, 0.1) is 17.2 Å². The number of para-hydroxylation sites is 2. The quantitative estimate of drug-likeness (QED) is 0.236. The first-order valence-corrected chi connectivity index (χ1v) is 14.4. The second kappa shape index (κ2) is 11.9. The molecule has 1 N–H and O–H groups in total. The van der Waals surface area contributed by atoms with E-state index >= 15 is 0 Å². The van der Waals surface area contributed by atoms with Crippen molar-refractivity contribution in [1.82, 2.24) is 0 Å². The summed E-state index contributed by atoms with van der Waals surface area (Å²) in [5.74, 6) is 1.11. The van der Waals surface area contributed by atoms with Crippen LogP contribution >= 0.6 is 11.3 Å². The number of benzene rings is 3. The van der Waals surface area contributed by atoms with E-state index in [2.05, 4.69) is 32.2 Å². The van der Waals surface area contributed by atoms with Crippen LogP contribution in [0.2, 0.25) is 0 Å². The number of fused-ring (bicyclic) bond motifs is 1. The molecule has 0 saturated carbocycles. The Kier molecular flexibility index (Phi) is 8.14. The third kappa shape index (κ3) is 6.16. The number of carbonyl (C=O) groups is 1.